The molecule has 0 aliphatic heterocycles. The summed E-state index contributed by atoms with van der Waals surface area (Å²) in [6, 6.07) is 10.4. The number of esters is 4. The van der Waals surface area contributed by atoms with E-state index in [9.17, 15) is 19.2 Å². The van der Waals surface area contributed by atoms with Gasteiger partial charge in [-0.2, -0.15) is 10.5 Å². The molecule has 0 spiro atoms. The zero-order valence-electron chi connectivity index (χ0n) is 30.9. The summed E-state index contributed by atoms with van der Waals surface area (Å²) in [5.41, 5.74) is -0.148. The summed E-state index contributed by atoms with van der Waals surface area (Å²) >= 11 is 0. The summed E-state index contributed by atoms with van der Waals surface area (Å²) < 4.78 is 63.0. The fourth-order valence-electron chi connectivity index (χ4n) is 4.73. The van der Waals surface area contributed by atoms with Crippen LogP contribution in [0.3, 0.4) is 0 Å². The highest BCUT2D eigenvalue weighted by Gasteiger charge is 2.38. The molecule has 0 bridgehead atoms. The van der Waals surface area contributed by atoms with Gasteiger partial charge in [0, 0.05) is 11.1 Å². The number of carbonyl (C=O) groups is 4. The Balaban J connectivity index is 2.51. The minimum atomic E-state index is -1.55. The summed E-state index contributed by atoms with van der Waals surface area (Å²) in [6.07, 6.45) is 2.88. The fraction of sp³-hybridized carbons (Fsp3) is 0.450. The third-order valence-corrected chi connectivity index (χ3v) is 7.73. The second-order valence-corrected chi connectivity index (χ2v) is 12.7. The topological polar surface area (TPSA) is 171 Å². The molecule has 0 saturated heterocycles. The van der Waals surface area contributed by atoms with Crippen LogP contribution in [0.4, 0.5) is 8.78 Å². The number of carbonyl (C=O) groups excluding carboxylic acids is 4. The first-order valence-corrected chi connectivity index (χ1v) is 17.3. The molecular formula is C40H46F2N2O10. The molecular weight excluding hydrogens is 706 g/mol. The third-order valence-electron chi connectivity index (χ3n) is 7.73. The minimum Gasteiger partial charge on any atom is -0.492 e. The smallest absolute Gasteiger partial charge is 0.333 e. The number of hydrogen-bond acceptors (Lipinski definition) is 12. The van der Waals surface area contributed by atoms with Gasteiger partial charge in [-0.25, -0.2) is 18.4 Å². The van der Waals surface area contributed by atoms with Gasteiger partial charge in [0.05, 0.1) is 25.4 Å². The third kappa shape index (κ3) is 15.1. The van der Waals surface area contributed by atoms with E-state index in [0.29, 0.717) is 24.0 Å². The second-order valence-electron chi connectivity index (χ2n) is 12.7. The van der Waals surface area contributed by atoms with Crippen molar-refractivity contribution >= 4 is 23.9 Å². The van der Waals surface area contributed by atoms with Gasteiger partial charge in [-0.15, -0.1) is 0 Å². The molecule has 54 heavy (non-hydrogen) atoms. The zero-order chi connectivity index (χ0) is 40.1. The predicted octanol–water partition coefficient (Wildman–Crippen LogP) is 7.04. The lowest BCUT2D eigenvalue weighted by molar-refractivity contribution is -0.162. The van der Waals surface area contributed by atoms with Crippen molar-refractivity contribution < 1.29 is 56.4 Å². The highest BCUT2D eigenvalue weighted by Crippen LogP contribution is 2.33. The summed E-state index contributed by atoms with van der Waals surface area (Å²) in [5.74, 6) is -5.17. The van der Waals surface area contributed by atoms with Crippen LogP contribution in [0.1, 0.15) is 71.3 Å². The molecule has 0 unspecified atom stereocenters. The number of hydrogen-bond donors (Lipinski definition) is 0. The Labute approximate surface area is 314 Å². The van der Waals surface area contributed by atoms with Crippen molar-refractivity contribution in [2.75, 3.05) is 39.6 Å². The van der Waals surface area contributed by atoms with E-state index in [0.717, 1.165) is 31.4 Å². The van der Waals surface area contributed by atoms with E-state index in [2.05, 4.69) is 20.1 Å². The number of rotatable bonds is 24. The normalized spacial score (nSPS) is 10.6. The molecule has 0 saturated carbocycles. The first kappa shape index (κ1) is 44.4. The Hall–Kier alpha value is -5.76. The molecule has 0 aliphatic rings. The van der Waals surface area contributed by atoms with Gasteiger partial charge in [-0.05, 0) is 74.1 Å². The molecule has 290 valence electrons. The van der Waals surface area contributed by atoms with E-state index in [-0.39, 0.29) is 42.1 Å². The average Bonchev–Trinajstić information content (AvgIpc) is 3.13. The summed E-state index contributed by atoms with van der Waals surface area (Å²) in [4.78, 5) is 48.8. The van der Waals surface area contributed by atoms with Gasteiger partial charge < -0.3 is 28.4 Å². The van der Waals surface area contributed by atoms with Crippen molar-refractivity contribution in [3.05, 3.63) is 71.8 Å². The van der Waals surface area contributed by atoms with Crippen molar-refractivity contribution in [3.8, 4) is 34.8 Å². The zero-order valence-corrected chi connectivity index (χ0v) is 30.9. The number of halogens is 2. The number of nitriles is 2. The molecule has 0 atom stereocenters. The fourth-order valence-corrected chi connectivity index (χ4v) is 4.73. The largest absolute Gasteiger partial charge is 0.492 e. The monoisotopic (exact) mass is 752 g/mol. The Morgan fingerprint density at radius 3 is 1.83 bits per heavy atom. The van der Waals surface area contributed by atoms with Gasteiger partial charge in [-0.3, -0.25) is 9.59 Å². The SMILES string of the molecule is C=C(C)C(=O)OCCCc1cc(-c2cc(F)c(OCCCCCC)c(F)c2)ccc1OCC(COC(=O)CC#N)(COC(=O)CC#N)COC(=O)C(=C)C. The molecule has 2 aromatic carbocycles. The summed E-state index contributed by atoms with van der Waals surface area (Å²) in [5, 5.41) is 17.9. The van der Waals surface area contributed by atoms with Crippen molar-refractivity contribution in [1.29, 1.82) is 10.5 Å². The molecule has 12 nitrogen and oxygen atoms in total. The molecule has 0 radical (unpaired) electrons. The van der Waals surface area contributed by atoms with Gasteiger partial charge in [-0.1, -0.05) is 45.4 Å². The number of nitrogens with zero attached hydrogens (tertiary/aromatic N) is 2. The van der Waals surface area contributed by atoms with Crippen LogP contribution in [0.25, 0.3) is 11.1 Å². The molecule has 2 aromatic rings. The molecule has 0 aromatic heterocycles. The highest BCUT2D eigenvalue weighted by atomic mass is 19.1. The lowest BCUT2D eigenvalue weighted by Crippen LogP contribution is -2.44. The van der Waals surface area contributed by atoms with Crippen LogP contribution >= 0.6 is 0 Å². The second kappa shape index (κ2) is 23.0. The first-order chi connectivity index (χ1) is 25.7. The Kier molecular flexibility index (Phi) is 18.9. The number of benzene rings is 2. The lowest BCUT2D eigenvalue weighted by atomic mass is 9.91. The molecule has 0 heterocycles. The summed E-state index contributed by atoms with van der Waals surface area (Å²) in [7, 11) is 0. The van der Waals surface area contributed by atoms with Gasteiger partial charge in [0.15, 0.2) is 17.4 Å². The number of unbranched alkanes of at least 4 members (excludes halogenated alkanes) is 3. The standard InChI is InChI=1S/C40H46F2N2O10/c1-6-7-8-9-18-49-37-32(41)21-31(22-33(37)42)29-12-13-34(30(20-29)11-10-19-50-38(47)27(2)3)51-23-40(24-52-35(45)14-16-43,25-53-36(46)15-17-44)26-54-39(48)28(4)5/h12-13,20-22H,2,4,6-11,14-15,18-19,23-26H2,1,3,5H3. The van der Waals surface area contributed by atoms with Crippen molar-refractivity contribution in [1.82, 2.24) is 0 Å². The van der Waals surface area contributed by atoms with Crippen LogP contribution in [0.15, 0.2) is 54.6 Å². The van der Waals surface area contributed by atoms with Gasteiger partial charge in [0.1, 0.15) is 50.4 Å². The average molecular weight is 753 g/mol. The molecule has 14 heteroatoms. The molecule has 0 fully saturated rings. The van der Waals surface area contributed by atoms with Crippen LogP contribution in [0.5, 0.6) is 11.5 Å². The van der Waals surface area contributed by atoms with Crippen LogP contribution in [0.2, 0.25) is 0 Å². The minimum absolute atomic E-state index is 0.00733. The van der Waals surface area contributed by atoms with E-state index < -0.39 is 85.9 Å². The summed E-state index contributed by atoms with van der Waals surface area (Å²) in [6.45, 7) is 10.3. The number of aryl methyl sites for hydroxylation is 1. The van der Waals surface area contributed by atoms with E-state index in [1.165, 1.54) is 19.9 Å². The maximum Gasteiger partial charge on any atom is 0.333 e. The van der Waals surface area contributed by atoms with Gasteiger partial charge in [0.2, 0.25) is 0 Å². The van der Waals surface area contributed by atoms with Crippen molar-refractivity contribution in [3.63, 3.8) is 0 Å². The molecule has 2 rings (SSSR count). The highest BCUT2D eigenvalue weighted by molar-refractivity contribution is 5.87. The lowest BCUT2D eigenvalue weighted by Gasteiger charge is -2.32. The van der Waals surface area contributed by atoms with E-state index in [1.807, 2.05) is 0 Å². The molecule has 0 amide bonds. The maximum absolute atomic E-state index is 15.1. The predicted molar refractivity (Wildman–Crippen MR) is 192 cm³/mol. The Morgan fingerprint density at radius 1 is 0.704 bits per heavy atom. The first-order valence-electron chi connectivity index (χ1n) is 17.3. The van der Waals surface area contributed by atoms with Crippen LogP contribution in [-0.2, 0) is 44.5 Å². The van der Waals surface area contributed by atoms with E-state index in [4.69, 9.17) is 38.9 Å². The quantitative estimate of drug-likeness (QED) is 0.0464. The van der Waals surface area contributed by atoms with Gasteiger partial charge in [0.25, 0.3) is 0 Å². The van der Waals surface area contributed by atoms with Crippen LogP contribution < -0.4 is 9.47 Å². The van der Waals surface area contributed by atoms with Gasteiger partial charge >= 0.3 is 23.9 Å². The van der Waals surface area contributed by atoms with E-state index >= 15 is 8.78 Å². The Bertz CT molecular complexity index is 1690. The van der Waals surface area contributed by atoms with Crippen molar-refractivity contribution in [2.24, 2.45) is 5.41 Å². The van der Waals surface area contributed by atoms with Crippen LogP contribution in [0, 0.1) is 39.7 Å². The number of ether oxygens (including phenoxy) is 6. The molecule has 0 N–H and O–H groups in total. The Morgan fingerprint density at radius 2 is 1.28 bits per heavy atom. The van der Waals surface area contributed by atoms with Crippen molar-refractivity contribution in [2.45, 2.75) is 72.1 Å². The molecule has 0 aliphatic carbocycles. The van der Waals surface area contributed by atoms with E-state index in [1.54, 1.807) is 24.3 Å². The van der Waals surface area contributed by atoms with Crippen LogP contribution in [-0.4, -0.2) is 63.5 Å². The maximum atomic E-state index is 15.1.